The third kappa shape index (κ3) is 3.26. The highest BCUT2D eigenvalue weighted by Crippen LogP contribution is 2.51. The van der Waals surface area contributed by atoms with Gasteiger partial charge < -0.3 is 13.3 Å². The molecule has 0 aromatic rings. The Morgan fingerprint density at radius 3 is 1.20 bits per heavy atom. The minimum Gasteiger partial charge on any atom is -0.370 e. The summed E-state index contributed by atoms with van der Waals surface area (Å²) in [6.45, 7) is 1.78. The van der Waals surface area contributed by atoms with Gasteiger partial charge in [-0.3, -0.25) is 0 Å². The average molecular weight is 332 g/mol. The van der Waals surface area contributed by atoms with Gasteiger partial charge in [0, 0.05) is 19.8 Å². The lowest BCUT2D eigenvalue weighted by atomic mass is 10.3. The predicted molar refractivity (Wildman–Crippen MR) is 56.6 cm³/mol. The lowest BCUT2D eigenvalue weighted by Crippen LogP contribution is -2.71. The molecule has 0 saturated heterocycles. The molecule has 0 aromatic carbocycles. The van der Waals surface area contributed by atoms with Crippen LogP contribution in [0.5, 0.6) is 0 Å². The quantitative estimate of drug-likeness (QED) is 0.504. The molecule has 0 radical (unpaired) electrons. The monoisotopic (exact) mass is 332 g/mol. The Bertz CT molecular complexity index is 291. The molecule has 0 rings (SSSR count). The largest absolute Gasteiger partial charge is 0.582 e. The summed E-state index contributed by atoms with van der Waals surface area (Å²) in [7, 11) is -5.57. The van der Waals surface area contributed by atoms with Crippen LogP contribution in [0, 0.1) is 0 Å². The van der Waals surface area contributed by atoms with Crippen LogP contribution in [0.3, 0.4) is 0 Å². The van der Waals surface area contributed by atoms with Crippen molar-refractivity contribution in [2.45, 2.75) is 38.4 Å². The van der Waals surface area contributed by atoms with Gasteiger partial charge in [-0.2, -0.15) is 30.7 Å². The first-order valence-corrected chi connectivity index (χ1v) is 7.40. The molecule has 0 unspecified atom stereocenters. The predicted octanol–water partition coefficient (Wildman–Crippen LogP) is 3.41. The summed E-state index contributed by atoms with van der Waals surface area (Å²) in [4.78, 5) is 0. The van der Waals surface area contributed by atoms with Gasteiger partial charge in [0.2, 0.25) is 0 Å². The van der Waals surface area contributed by atoms with Gasteiger partial charge >= 0.3 is 26.4 Å². The summed E-state index contributed by atoms with van der Waals surface area (Å²) in [5.41, 5.74) is -5.64. The van der Waals surface area contributed by atoms with E-state index in [9.17, 15) is 30.7 Å². The molecule has 0 bridgehead atoms. The highest BCUT2D eigenvalue weighted by atomic mass is 28.4. The lowest BCUT2D eigenvalue weighted by Gasteiger charge is -2.38. The second-order valence-corrected chi connectivity index (χ2v) is 6.11. The van der Waals surface area contributed by atoms with E-state index in [0.717, 1.165) is 20.8 Å². The van der Waals surface area contributed by atoms with Gasteiger partial charge in [0.05, 0.1) is 0 Å². The standard InChI is InChI=1S/C9H15F7O3Si/c1-4-17-20(18-5-2,19-6-3)9(15,16)7(10,11)8(12,13)14/h4-6H2,1-3H3. The van der Waals surface area contributed by atoms with Crippen molar-refractivity contribution in [1.82, 2.24) is 0 Å². The van der Waals surface area contributed by atoms with E-state index in [2.05, 4.69) is 13.3 Å². The van der Waals surface area contributed by atoms with E-state index >= 15 is 0 Å². The summed E-state index contributed by atoms with van der Waals surface area (Å²) in [6.07, 6.45) is -6.46. The van der Waals surface area contributed by atoms with Gasteiger partial charge in [-0.25, -0.2) is 0 Å². The van der Waals surface area contributed by atoms with Gasteiger partial charge in [0.1, 0.15) is 0 Å². The smallest absolute Gasteiger partial charge is 0.370 e. The summed E-state index contributed by atoms with van der Waals surface area (Å²) in [6, 6.07) is 0. The third-order valence-corrected chi connectivity index (χ3v) is 5.23. The number of hydrogen-bond donors (Lipinski definition) is 0. The summed E-state index contributed by atoms with van der Waals surface area (Å²) < 4.78 is 104. The molecule has 0 heterocycles. The molecule has 0 atom stereocenters. The Labute approximate surface area is 112 Å². The van der Waals surface area contributed by atoms with Crippen LogP contribution in [0.2, 0.25) is 0 Å². The van der Waals surface area contributed by atoms with Gasteiger partial charge in [-0.15, -0.1) is 0 Å². The molecular weight excluding hydrogens is 317 g/mol. The number of alkyl halides is 7. The zero-order valence-corrected chi connectivity index (χ0v) is 12.0. The Morgan fingerprint density at radius 1 is 0.700 bits per heavy atom. The van der Waals surface area contributed by atoms with Crippen LogP contribution in [0.25, 0.3) is 0 Å². The van der Waals surface area contributed by atoms with Crippen molar-refractivity contribution in [2.75, 3.05) is 19.8 Å². The molecule has 0 saturated carbocycles. The van der Waals surface area contributed by atoms with Crippen LogP contribution >= 0.6 is 0 Å². The van der Waals surface area contributed by atoms with Crippen LogP contribution in [0.15, 0.2) is 0 Å². The first-order valence-electron chi connectivity index (χ1n) is 5.67. The molecular formula is C9H15F7O3Si. The molecule has 0 aliphatic rings. The average Bonchev–Trinajstić information content (AvgIpc) is 2.27. The van der Waals surface area contributed by atoms with Crippen molar-refractivity contribution in [2.24, 2.45) is 0 Å². The van der Waals surface area contributed by atoms with E-state index in [1.807, 2.05) is 0 Å². The highest BCUT2D eigenvalue weighted by molar-refractivity contribution is 6.63. The molecule has 11 heteroatoms. The first kappa shape index (κ1) is 19.6. The maximum absolute atomic E-state index is 13.8. The maximum Gasteiger partial charge on any atom is 0.582 e. The van der Waals surface area contributed by atoms with Crippen LogP contribution < -0.4 is 0 Å². The van der Waals surface area contributed by atoms with Crippen molar-refractivity contribution >= 4 is 8.80 Å². The minimum absolute atomic E-state index is 0.560. The summed E-state index contributed by atoms with van der Waals surface area (Å²) >= 11 is 0. The van der Waals surface area contributed by atoms with Crippen LogP contribution in [-0.4, -0.2) is 46.3 Å². The van der Waals surface area contributed by atoms with Crippen molar-refractivity contribution < 1.29 is 44.0 Å². The first-order chi connectivity index (χ1) is 8.93. The topological polar surface area (TPSA) is 27.7 Å². The van der Waals surface area contributed by atoms with Crippen molar-refractivity contribution in [3.05, 3.63) is 0 Å². The SMILES string of the molecule is CCO[Si](OCC)(OCC)C(F)(F)C(F)(F)C(F)(F)F. The number of hydrogen-bond acceptors (Lipinski definition) is 3. The number of halogens is 7. The molecule has 20 heavy (non-hydrogen) atoms. The van der Waals surface area contributed by atoms with E-state index in [-0.39, 0.29) is 0 Å². The number of rotatable bonds is 8. The Morgan fingerprint density at radius 2 is 1.00 bits per heavy atom. The van der Waals surface area contributed by atoms with Gasteiger partial charge in [-0.1, -0.05) is 0 Å². The fourth-order valence-electron chi connectivity index (χ4n) is 1.34. The van der Waals surface area contributed by atoms with Crippen molar-refractivity contribution in [3.63, 3.8) is 0 Å². The van der Waals surface area contributed by atoms with E-state index in [4.69, 9.17) is 0 Å². The van der Waals surface area contributed by atoms with Crippen molar-refractivity contribution in [1.29, 1.82) is 0 Å². The van der Waals surface area contributed by atoms with E-state index in [1.54, 1.807) is 0 Å². The molecule has 122 valence electrons. The molecule has 0 fully saturated rings. The normalized spacial score (nSPS) is 14.7. The van der Waals surface area contributed by atoms with Gasteiger partial charge in [-0.05, 0) is 20.8 Å². The lowest BCUT2D eigenvalue weighted by molar-refractivity contribution is -0.345. The summed E-state index contributed by atoms with van der Waals surface area (Å²) in [5.74, 6) is -6.33. The second-order valence-electron chi connectivity index (χ2n) is 3.50. The Hall–Kier alpha value is -0.393. The Balaban J connectivity index is 5.85. The molecule has 3 nitrogen and oxygen atoms in total. The van der Waals surface area contributed by atoms with Crippen LogP contribution in [-0.2, 0) is 13.3 Å². The molecule has 0 N–H and O–H groups in total. The fourth-order valence-corrected chi connectivity index (χ4v) is 3.80. The van der Waals surface area contributed by atoms with E-state index in [1.165, 1.54) is 0 Å². The minimum atomic E-state index is -6.46. The fraction of sp³-hybridized carbons (Fsp3) is 1.00. The summed E-state index contributed by atoms with van der Waals surface area (Å²) in [5, 5.41) is 0. The maximum atomic E-state index is 13.8. The van der Waals surface area contributed by atoms with Gasteiger partial charge in [0.15, 0.2) is 0 Å². The van der Waals surface area contributed by atoms with Crippen LogP contribution in [0.1, 0.15) is 20.8 Å². The Kier molecular flexibility index (Phi) is 6.45. The molecule has 0 aliphatic carbocycles. The molecule has 0 spiro atoms. The van der Waals surface area contributed by atoms with E-state index < -0.39 is 46.3 Å². The molecule has 0 aliphatic heterocycles. The second kappa shape index (κ2) is 6.58. The highest BCUT2D eigenvalue weighted by Gasteiger charge is 2.85. The van der Waals surface area contributed by atoms with E-state index in [0.29, 0.717) is 0 Å². The molecule has 0 amide bonds. The zero-order valence-electron chi connectivity index (χ0n) is 11.0. The molecule has 0 aromatic heterocycles. The van der Waals surface area contributed by atoms with Crippen LogP contribution in [0.4, 0.5) is 30.7 Å². The third-order valence-electron chi connectivity index (χ3n) is 2.14. The van der Waals surface area contributed by atoms with Crippen molar-refractivity contribution in [3.8, 4) is 0 Å². The van der Waals surface area contributed by atoms with Gasteiger partial charge in [0.25, 0.3) is 0 Å². The zero-order chi connectivity index (χ0) is 16.2.